The lowest BCUT2D eigenvalue weighted by Gasteiger charge is -2.07. The summed E-state index contributed by atoms with van der Waals surface area (Å²) in [5.74, 6) is -0.0784. The Hall–Kier alpha value is -2.06. The lowest BCUT2D eigenvalue weighted by atomic mass is 10.0. The molecule has 94 valence electrons. The molecule has 3 aromatic rings. The van der Waals surface area contributed by atoms with Crippen LogP contribution >= 0.6 is 11.6 Å². The Labute approximate surface area is 116 Å². The van der Waals surface area contributed by atoms with Crippen LogP contribution in [0.25, 0.3) is 10.9 Å². The van der Waals surface area contributed by atoms with Gasteiger partial charge in [0.05, 0.1) is 0 Å². The van der Waals surface area contributed by atoms with E-state index in [1.807, 2.05) is 54.6 Å². The second kappa shape index (κ2) is 4.90. The predicted molar refractivity (Wildman–Crippen MR) is 77.7 cm³/mol. The molecule has 0 unspecified atom stereocenters. The number of halogens is 1. The van der Waals surface area contributed by atoms with Crippen LogP contribution in [0.3, 0.4) is 0 Å². The zero-order valence-corrected chi connectivity index (χ0v) is 10.9. The molecule has 3 rings (SSSR count). The molecule has 1 aromatic heterocycles. The highest BCUT2D eigenvalue weighted by molar-refractivity contribution is 6.35. The van der Waals surface area contributed by atoms with Gasteiger partial charge in [-0.1, -0.05) is 48.5 Å². The van der Waals surface area contributed by atoms with Crippen LogP contribution in [0.1, 0.15) is 21.3 Å². The fraction of sp³-hybridized carbons (Fsp3) is 0.0625. The first-order valence-electron chi connectivity index (χ1n) is 6.07. The van der Waals surface area contributed by atoms with Crippen molar-refractivity contribution >= 4 is 28.3 Å². The largest absolute Gasteiger partial charge is 0.360 e. The molecule has 1 atom stereocenters. The average molecular weight is 270 g/mol. The number of ketones is 1. The van der Waals surface area contributed by atoms with E-state index in [9.17, 15) is 4.79 Å². The Morgan fingerprint density at radius 2 is 1.68 bits per heavy atom. The van der Waals surface area contributed by atoms with Crippen molar-refractivity contribution in [3.05, 3.63) is 71.9 Å². The SMILES string of the molecule is O=C(c1c[nH]c2ccccc12)[C@H](Cl)c1ccccc1. The molecule has 2 nitrogen and oxygen atoms in total. The number of carbonyl (C=O) groups is 1. The number of H-pyrrole nitrogens is 1. The number of hydrogen-bond donors (Lipinski definition) is 1. The fourth-order valence-electron chi connectivity index (χ4n) is 2.19. The minimum Gasteiger partial charge on any atom is -0.360 e. The zero-order valence-electron chi connectivity index (χ0n) is 10.1. The third kappa shape index (κ3) is 2.15. The predicted octanol–water partition coefficient (Wildman–Crippen LogP) is 4.33. The van der Waals surface area contributed by atoms with Gasteiger partial charge in [0.1, 0.15) is 5.38 Å². The average Bonchev–Trinajstić information content (AvgIpc) is 2.90. The molecule has 0 aliphatic carbocycles. The quantitative estimate of drug-likeness (QED) is 0.557. The molecular weight excluding hydrogens is 258 g/mol. The number of aromatic amines is 1. The Bertz CT molecular complexity index is 718. The van der Waals surface area contributed by atoms with Gasteiger partial charge in [0.15, 0.2) is 5.78 Å². The summed E-state index contributed by atoms with van der Waals surface area (Å²) in [6, 6.07) is 17.1. The van der Waals surface area contributed by atoms with E-state index in [1.54, 1.807) is 6.20 Å². The van der Waals surface area contributed by atoms with E-state index in [2.05, 4.69) is 4.98 Å². The van der Waals surface area contributed by atoms with Gasteiger partial charge in [0.25, 0.3) is 0 Å². The summed E-state index contributed by atoms with van der Waals surface area (Å²) in [6.45, 7) is 0. The standard InChI is InChI=1S/C16H12ClNO/c17-15(11-6-2-1-3-7-11)16(19)13-10-18-14-9-5-4-8-12(13)14/h1-10,15,18H/t15-/m1/s1. The topological polar surface area (TPSA) is 32.9 Å². The van der Waals surface area contributed by atoms with Crippen LogP contribution in [0.5, 0.6) is 0 Å². The summed E-state index contributed by atoms with van der Waals surface area (Å²) >= 11 is 6.29. The van der Waals surface area contributed by atoms with Gasteiger partial charge in [0, 0.05) is 22.7 Å². The molecule has 0 amide bonds. The zero-order chi connectivity index (χ0) is 13.2. The van der Waals surface area contributed by atoms with Gasteiger partial charge in [0.2, 0.25) is 0 Å². The molecule has 19 heavy (non-hydrogen) atoms. The summed E-state index contributed by atoms with van der Waals surface area (Å²) in [6.07, 6.45) is 1.73. The van der Waals surface area contributed by atoms with Gasteiger partial charge in [-0.2, -0.15) is 0 Å². The van der Waals surface area contributed by atoms with E-state index in [1.165, 1.54) is 0 Å². The highest BCUT2D eigenvalue weighted by atomic mass is 35.5. The smallest absolute Gasteiger partial charge is 0.187 e. The van der Waals surface area contributed by atoms with Gasteiger partial charge in [-0.05, 0) is 11.6 Å². The van der Waals surface area contributed by atoms with Crippen molar-refractivity contribution < 1.29 is 4.79 Å². The number of aromatic nitrogens is 1. The molecule has 0 saturated heterocycles. The van der Waals surface area contributed by atoms with Crippen molar-refractivity contribution in [3.63, 3.8) is 0 Å². The van der Waals surface area contributed by atoms with Gasteiger partial charge in [-0.3, -0.25) is 4.79 Å². The molecule has 0 saturated carbocycles. The van der Waals surface area contributed by atoms with E-state index in [-0.39, 0.29) is 5.78 Å². The van der Waals surface area contributed by atoms with Crippen LogP contribution in [0.4, 0.5) is 0 Å². The van der Waals surface area contributed by atoms with Crippen molar-refractivity contribution in [2.24, 2.45) is 0 Å². The second-order valence-electron chi connectivity index (χ2n) is 4.39. The minimum absolute atomic E-state index is 0.0784. The first kappa shape index (κ1) is 12.0. The van der Waals surface area contributed by atoms with E-state index in [0.717, 1.165) is 16.5 Å². The van der Waals surface area contributed by atoms with Crippen molar-refractivity contribution in [2.75, 3.05) is 0 Å². The molecule has 0 aliphatic heterocycles. The van der Waals surface area contributed by atoms with Crippen LogP contribution in [0.15, 0.2) is 60.8 Å². The third-order valence-corrected chi connectivity index (χ3v) is 3.63. The van der Waals surface area contributed by atoms with Gasteiger partial charge < -0.3 is 4.98 Å². The Morgan fingerprint density at radius 3 is 2.47 bits per heavy atom. The molecule has 3 heteroatoms. The first-order valence-corrected chi connectivity index (χ1v) is 6.50. The first-order chi connectivity index (χ1) is 9.27. The molecule has 0 bridgehead atoms. The van der Waals surface area contributed by atoms with Crippen molar-refractivity contribution in [2.45, 2.75) is 5.38 Å². The fourth-order valence-corrected chi connectivity index (χ4v) is 2.45. The van der Waals surface area contributed by atoms with E-state index < -0.39 is 5.38 Å². The van der Waals surface area contributed by atoms with Crippen molar-refractivity contribution in [3.8, 4) is 0 Å². The molecule has 0 aliphatic rings. The van der Waals surface area contributed by atoms with Crippen LogP contribution in [0, 0.1) is 0 Å². The number of rotatable bonds is 3. The lowest BCUT2D eigenvalue weighted by molar-refractivity contribution is 0.0988. The third-order valence-electron chi connectivity index (χ3n) is 3.18. The van der Waals surface area contributed by atoms with Crippen LogP contribution in [-0.2, 0) is 0 Å². The van der Waals surface area contributed by atoms with Crippen molar-refractivity contribution in [1.82, 2.24) is 4.98 Å². The maximum atomic E-state index is 12.5. The van der Waals surface area contributed by atoms with Gasteiger partial charge >= 0.3 is 0 Å². The van der Waals surface area contributed by atoms with E-state index in [4.69, 9.17) is 11.6 Å². The molecule has 1 heterocycles. The second-order valence-corrected chi connectivity index (χ2v) is 4.82. The number of carbonyl (C=O) groups excluding carboxylic acids is 1. The number of fused-ring (bicyclic) bond motifs is 1. The maximum absolute atomic E-state index is 12.5. The number of alkyl halides is 1. The number of hydrogen-bond acceptors (Lipinski definition) is 1. The molecule has 0 radical (unpaired) electrons. The summed E-state index contributed by atoms with van der Waals surface area (Å²) in [4.78, 5) is 15.6. The van der Waals surface area contributed by atoms with Gasteiger partial charge in [-0.15, -0.1) is 11.6 Å². The maximum Gasteiger partial charge on any atom is 0.187 e. The summed E-state index contributed by atoms with van der Waals surface area (Å²) in [7, 11) is 0. The Balaban J connectivity index is 2.00. The number of para-hydroxylation sites is 1. The summed E-state index contributed by atoms with van der Waals surface area (Å²) in [5, 5.41) is 0.259. The van der Waals surface area contributed by atoms with Crippen LogP contribution < -0.4 is 0 Å². The number of Topliss-reactive ketones (excluding diaryl/α,β-unsaturated/α-hetero) is 1. The minimum atomic E-state index is -0.652. The molecule has 0 spiro atoms. The number of benzene rings is 2. The normalized spacial score (nSPS) is 12.5. The van der Waals surface area contributed by atoms with Crippen LogP contribution in [0.2, 0.25) is 0 Å². The van der Waals surface area contributed by atoms with Gasteiger partial charge in [-0.25, -0.2) is 0 Å². The lowest BCUT2D eigenvalue weighted by Crippen LogP contribution is -2.06. The monoisotopic (exact) mass is 269 g/mol. The highest BCUT2D eigenvalue weighted by Crippen LogP contribution is 2.28. The number of nitrogens with one attached hydrogen (secondary N) is 1. The van der Waals surface area contributed by atoms with E-state index in [0.29, 0.717) is 5.56 Å². The Kier molecular flexibility index (Phi) is 3.10. The summed E-state index contributed by atoms with van der Waals surface area (Å²) < 4.78 is 0. The molecule has 0 fully saturated rings. The Morgan fingerprint density at radius 1 is 1.00 bits per heavy atom. The van der Waals surface area contributed by atoms with Crippen molar-refractivity contribution in [1.29, 1.82) is 0 Å². The summed E-state index contributed by atoms with van der Waals surface area (Å²) in [5.41, 5.74) is 2.40. The molecular formula is C16H12ClNO. The molecule has 2 aromatic carbocycles. The van der Waals surface area contributed by atoms with E-state index >= 15 is 0 Å². The van der Waals surface area contributed by atoms with Crippen LogP contribution in [-0.4, -0.2) is 10.8 Å². The molecule has 1 N–H and O–H groups in total. The highest BCUT2D eigenvalue weighted by Gasteiger charge is 2.21.